The van der Waals surface area contributed by atoms with Crippen molar-refractivity contribution in [1.29, 1.82) is 0 Å². The third kappa shape index (κ3) is 4.41. The third-order valence-electron chi connectivity index (χ3n) is 6.91. The Hall–Kier alpha value is -4.21. The fourth-order valence-electron chi connectivity index (χ4n) is 4.92. The normalized spacial score (nSPS) is 16.4. The fourth-order valence-corrected chi connectivity index (χ4v) is 5.39. The van der Waals surface area contributed by atoms with Gasteiger partial charge < -0.3 is 24.3 Å². The van der Waals surface area contributed by atoms with E-state index in [0.717, 1.165) is 10.9 Å². The van der Waals surface area contributed by atoms with Gasteiger partial charge in [-0.1, -0.05) is 35.3 Å². The number of carbonyl (C=O) groups is 2. The Balaban J connectivity index is 1.70. The number of halogens is 2. The molecule has 1 aromatic heterocycles. The zero-order valence-electron chi connectivity index (χ0n) is 22.1. The van der Waals surface area contributed by atoms with Crippen LogP contribution in [-0.4, -0.2) is 45.2 Å². The second-order valence-electron chi connectivity index (χ2n) is 8.98. The Kier molecular flexibility index (Phi) is 7.35. The summed E-state index contributed by atoms with van der Waals surface area (Å²) in [4.78, 5) is 33.5. The molecule has 11 heteroatoms. The molecular weight excluding hydrogens is 557 g/mol. The highest BCUT2D eigenvalue weighted by Gasteiger charge is 2.59. The van der Waals surface area contributed by atoms with Gasteiger partial charge in [0, 0.05) is 23.7 Å². The molecule has 2 heterocycles. The number of rotatable bonds is 8. The van der Waals surface area contributed by atoms with E-state index in [-0.39, 0.29) is 22.4 Å². The van der Waals surface area contributed by atoms with Gasteiger partial charge in [0.2, 0.25) is 5.91 Å². The summed E-state index contributed by atoms with van der Waals surface area (Å²) in [6.07, 6.45) is 1.57. The number of fused-ring (bicyclic) bond motifs is 1. The number of benzene rings is 3. The lowest BCUT2D eigenvalue weighted by Crippen LogP contribution is -2.67. The van der Waals surface area contributed by atoms with Gasteiger partial charge in [0.15, 0.2) is 5.54 Å². The van der Waals surface area contributed by atoms with E-state index in [4.69, 9.17) is 42.1 Å². The van der Waals surface area contributed by atoms with Gasteiger partial charge in [-0.2, -0.15) is 0 Å². The van der Waals surface area contributed by atoms with Crippen molar-refractivity contribution < 1.29 is 28.5 Å². The van der Waals surface area contributed by atoms with E-state index in [1.165, 1.54) is 39.4 Å². The molecule has 1 fully saturated rings. The molecule has 1 aliphatic heterocycles. The molecule has 0 bridgehead atoms. The van der Waals surface area contributed by atoms with Crippen LogP contribution in [0.4, 0.5) is 11.4 Å². The minimum Gasteiger partial charge on any atom is -0.495 e. The summed E-state index contributed by atoms with van der Waals surface area (Å²) in [7, 11) is 5.88. The fraction of sp³-hybridized carbons (Fsp3) is 0.207. The van der Waals surface area contributed by atoms with Gasteiger partial charge in [-0.25, -0.2) is 0 Å². The summed E-state index contributed by atoms with van der Waals surface area (Å²) in [6.45, 7) is 0. The molecule has 0 radical (unpaired) electrons. The largest absolute Gasteiger partial charge is 0.495 e. The summed E-state index contributed by atoms with van der Waals surface area (Å²) >= 11 is 12.8. The average molecular weight is 582 g/mol. The van der Waals surface area contributed by atoms with Crippen LogP contribution in [0, 0.1) is 0 Å². The lowest BCUT2D eigenvalue weighted by atomic mass is 9.75. The Bertz CT molecular complexity index is 1650. The Morgan fingerprint density at radius 3 is 2.17 bits per heavy atom. The van der Waals surface area contributed by atoms with Gasteiger partial charge in [-0.3, -0.25) is 19.5 Å². The highest BCUT2D eigenvalue weighted by Crippen LogP contribution is 2.51. The highest BCUT2D eigenvalue weighted by atomic mass is 35.5. The van der Waals surface area contributed by atoms with Crippen LogP contribution in [0.1, 0.15) is 12.0 Å². The van der Waals surface area contributed by atoms with Gasteiger partial charge in [0.05, 0.1) is 61.8 Å². The number of hydrogen-bond acceptors (Lipinski definition) is 7. The molecular formula is C29H25Cl2N3O6. The standard InChI is InChI=1S/C29H25Cl2N3O6/c1-37-23-13-25(39-3)21(11-18(23)30)33-28(36)29(17-7-8-20-16(10-17)6-5-9-32-20)15-27(35)34(29)22-12-19(31)24(38-2)14-26(22)40-4/h5-14H,15H2,1-4H3,(H,33,36). The monoisotopic (exact) mass is 581 g/mol. The number of methoxy groups -OCH3 is 4. The summed E-state index contributed by atoms with van der Waals surface area (Å²) in [6, 6.07) is 15.4. The first kappa shape index (κ1) is 27.4. The van der Waals surface area contributed by atoms with Crippen LogP contribution in [0.25, 0.3) is 10.9 Å². The smallest absolute Gasteiger partial charge is 0.256 e. The van der Waals surface area contributed by atoms with Crippen molar-refractivity contribution in [2.75, 3.05) is 38.7 Å². The third-order valence-corrected chi connectivity index (χ3v) is 7.50. The average Bonchev–Trinajstić information content (AvgIpc) is 2.95. The summed E-state index contributed by atoms with van der Waals surface area (Å²) in [5.41, 5.74) is 0.444. The van der Waals surface area contributed by atoms with Crippen molar-refractivity contribution in [3.63, 3.8) is 0 Å². The van der Waals surface area contributed by atoms with E-state index in [1.807, 2.05) is 18.2 Å². The Labute approximate surface area is 240 Å². The molecule has 1 N–H and O–H groups in total. The van der Waals surface area contributed by atoms with Crippen LogP contribution in [-0.2, 0) is 15.1 Å². The minimum atomic E-state index is -1.48. The van der Waals surface area contributed by atoms with Crippen LogP contribution in [0.3, 0.4) is 0 Å². The van der Waals surface area contributed by atoms with Crippen molar-refractivity contribution in [3.8, 4) is 23.0 Å². The van der Waals surface area contributed by atoms with E-state index in [9.17, 15) is 9.59 Å². The number of nitrogens with zero attached hydrogens (tertiary/aromatic N) is 2. The molecule has 5 rings (SSSR count). The van der Waals surface area contributed by atoms with Crippen LogP contribution >= 0.6 is 23.2 Å². The van der Waals surface area contributed by atoms with Crippen molar-refractivity contribution in [1.82, 2.24) is 4.98 Å². The van der Waals surface area contributed by atoms with Crippen molar-refractivity contribution >= 4 is 57.3 Å². The number of pyridine rings is 1. The van der Waals surface area contributed by atoms with Crippen molar-refractivity contribution in [2.24, 2.45) is 0 Å². The molecule has 0 spiro atoms. The molecule has 0 aliphatic carbocycles. The summed E-state index contributed by atoms with van der Waals surface area (Å²) in [5, 5.41) is 4.25. The Morgan fingerprint density at radius 2 is 1.52 bits per heavy atom. The number of nitrogens with one attached hydrogen (secondary N) is 1. The highest BCUT2D eigenvalue weighted by molar-refractivity contribution is 6.33. The van der Waals surface area contributed by atoms with Gasteiger partial charge >= 0.3 is 0 Å². The van der Waals surface area contributed by atoms with Crippen molar-refractivity contribution in [3.05, 3.63) is 76.4 Å². The van der Waals surface area contributed by atoms with E-state index in [0.29, 0.717) is 39.9 Å². The second kappa shape index (κ2) is 10.7. The predicted molar refractivity (Wildman–Crippen MR) is 153 cm³/mol. The zero-order chi connectivity index (χ0) is 28.6. The minimum absolute atomic E-state index is 0.121. The first-order chi connectivity index (χ1) is 19.3. The quantitative estimate of drug-likeness (QED) is 0.261. The lowest BCUT2D eigenvalue weighted by Gasteiger charge is -2.51. The molecule has 0 saturated carbocycles. The van der Waals surface area contributed by atoms with E-state index in [1.54, 1.807) is 36.5 Å². The maximum atomic E-state index is 14.4. The van der Waals surface area contributed by atoms with Crippen molar-refractivity contribution in [2.45, 2.75) is 12.0 Å². The maximum absolute atomic E-state index is 14.4. The number of ether oxygens (including phenoxy) is 4. The van der Waals surface area contributed by atoms with Crippen LogP contribution in [0.15, 0.2) is 60.8 Å². The molecule has 1 saturated heterocycles. The SMILES string of the molecule is COc1cc(OC)c(NC(=O)C2(c3ccc4ncccc4c3)CC(=O)N2c2cc(Cl)c(OC)cc2OC)cc1Cl. The molecule has 9 nitrogen and oxygen atoms in total. The molecule has 1 aliphatic rings. The number of anilines is 2. The van der Waals surface area contributed by atoms with E-state index < -0.39 is 11.4 Å². The van der Waals surface area contributed by atoms with Crippen LogP contribution < -0.4 is 29.2 Å². The first-order valence-electron chi connectivity index (χ1n) is 12.1. The zero-order valence-corrected chi connectivity index (χ0v) is 23.6. The molecule has 206 valence electrons. The number of β-lactam (4-membered cyclic amide) rings is 1. The van der Waals surface area contributed by atoms with Gasteiger partial charge in [0.1, 0.15) is 23.0 Å². The molecule has 2 amide bonds. The number of amides is 2. The topological polar surface area (TPSA) is 99.2 Å². The van der Waals surface area contributed by atoms with Gasteiger partial charge in [-0.05, 0) is 35.9 Å². The van der Waals surface area contributed by atoms with E-state index >= 15 is 0 Å². The molecule has 3 aromatic carbocycles. The number of carbonyl (C=O) groups excluding carboxylic acids is 2. The molecule has 1 atom stereocenters. The molecule has 40 heavy (non-hydrogen) atoms. The number of aromatic nitrogens is 1. The Morgan fingerprint density at radius 1 is 0.875 bits per heavy atom. The van der Waals surface area contributed by atoms with E-state index in [2.05, 4.69) is 10.3 Å². The lowest BCUT2D eigenvalue weighted by molar-refractivity contribution is -0.137. The first-order valence-corrected chi connectivity index (χ1v) is 12.9. The van der Waals surface area contributed by atoms with Crippen LogP contribution in [0.2, 0.25) is 10.0 Å². The second-order valence-corrected chi connectivity index (χ2v) is 9.79. The molecule has 4 aromatic rings. The van der Waals surface area contributed by atoms with Crippen LogP contribution in [0.5, 0.6) is 23.0 Å². The molecule has 1 unspecified atom stereocenters. The van der Waals surface area contributed by atoms with Gasteiger partial charge in [-0.15, -0.1) is 0 Å². The number of hydrogen-bond donors (Lipinski definition) is 1. The maximum Gasteiger partial charge on any atom is 0.256 e. The van der Waals surface area contributed by atoms with Gasteiger partial charge in [0.25, 0.3) is 5.91 Å². The summed E-state index contributed by atoms with van der Waals surface area (Å²) < 4.78 is 21.7. The summed E-state index contributed by atoms with van der Waals surface area (Å²) in [5.74, 6) is 0.573. The predicted octanol–water partition coefficient (Wildman–Crippen LogP) is 5.85.